The van der Waals surface area contributed by atoms with Crippen LogP contribution in [0.5, 0.6) is 0 Å². The first-order valence-electron chi connectivity index (χ1n) is 6.52. The summed E-state index contributed by atoms with van der Waals surface area (Å²) in [5, 5.41) is 3.20. The molecule has 1 N–H and O–H groups in total. The van der Waals surface area contributed by atoms with E-state index in [2.05, 4.69) is 15.3 Å². The Morgan fingerprint density at radius 2 is 2.05 bits per heavy atom. The van der Waals surface area contributed by atoms with E-state index in [1.54, 1.807) is 12.4 Å². The number of amides is 1. The van der Waals surface area contributed by atoms with Crippen molar-refractivity contribution >= 4 is 16.9 Å². The Morgan fingerprint density at radius 3 is 2.68 bits per heavy atom. The van der Waals surface area contributed by atoms with Gasteiger partial charge in [-0.05, 0) is 25.1 Å². The van der Waals surface area contributed by atoms with Crippen LogP contribution in [0.4, 0.5) is 0 Å². The number of carbonyl (C=O) groups is 1. The van der Waals surface area contributed by atoms with Crippen LogP contribution in [0.2, 0.25) is 0 Å². The molecule has 1 aliphatic rings. The SMILES string of the molecule is CCN(C(=O)c1ccc2nccnc2c1)C1CNC1. The Hall–Kier alpha value is -2.01. The minimum Gasteiger partial charge on any atom is -0.333 e. The van der Waals surface area contributed by atoms with Crippen molar-refractivity contribution in [2.75, 3.05) is 19.6 Å². The molecular weight excluding hydrogens is 240 g/mol. The van der Waals surface area contributed by atoms with Crippen LogP contribution < -0.4 is 5.32 Å². The molecule has 3 rings (SSSR count). The summed E-state index contributed by atoms with van der Waals surface area (Å²) < 4.78 is 0. The predicted octanol–water partition coefficient (Wildman–Crippen LogP) is 1.06. The lowest BCUT2D eigenvalue weighted by molar-refractivity contribution is 0.0630. The Kier molecular flexibility index (Phi) is 3.13. The number of rotatable bonds is 3. The number of aromatic nitrogens is 2. The second kappa shape index (κ2) is 4.93. The number of nitrogens with one attached hydrogen (secondary N) is 1. The van der Waals surface area contributed by atoms with Crippen LogP contribution >= 0.6 is 0 Å². The fraction of sp³-hybridized carbons (Fsp3) is 0.357. The predicted molar refractivity (Wildman–Crippen MR) is 72.9 cm³/mol. The van der Waals surface area contributed by atoms with E-state index in [1.165, 1.54) is 0 Å². The van der Waals surface area contributed by atoms with Crippen molar-refractivity contribution in [2.45, 2.75) is 13.0 Å². The zero-order valence-corrected chi connectivity index (χ0v) is 10.8. The van der Waals surface area contributed by atoms with E-state index in [0.29, 0.717) is 11.6 Å². The molecule has 1 aliphatic heterocycles. The van der Waals surface area contributed by atoms with Gasteiger partial charge in [-0.25, -0.2) is 0 Å². The first-order chi connectivity index (χ1) is 9.29. The Morgan fingerprint density at radius 1 is 1.32 bits per heavy atom. The van der Waals surface area contributed by atoms with Crippen molar-refractivity contribution in [1.82, 2.24) is 20.2 Å². The number of fused-ring (bicyclic) bond motifs is 1. The number of benzene rings is 1. The molecule has 0 saturated carbocycles. The Bertz CT molecular complexity index is 609. The van der Waals surface area contributed by atoms with Crippen LogP contribution in [0.1, 0.15) is 17.3 Å². The minimum absolute atomic E-state index is 0.0709. The summed E-state index contributed by atoms with van der Waals surface area (Å²) in [4.78, 5) is 22.9. The summed E-state index contributed by atoms with van der Waals surface area (Å²) in [6, 6.07) is 5.81. The Labute approximate surface area is 111 Å². The fourth-order valence-electron chi connectivity index (χ4n) is 2.32. The molecule has 5 heteroatoms. The van der Waals surface area contributed by atoms with Gasteiger partial charge >= 0.3 is 0 Å². The average Bonchev–Trinajstić information content (AvgIpc) is 2.41. The van der Waals surface area contributed by atoms with Gasteiger partial charge in [0.05, 0.1) is 17.1 Å². The van der Waals surface area contributed by atoms with Crippen molar-refractivity contribution in [3.8, 4) is 0 Å². The highest BCUT2D eigenvalue weighted by molar-refractivity contribution is 5.97. The van der Waals surface area contributed by atoms with Crippen molar-refractivity contribution in [3.63, 3.8) is 0 Å². The van der Waals surface area contributed by atoms with Crippen LogP contribution in [0.25, 0.3) is 11.0 Å². The van der Waals surface area contributed by atoms with Crippen LogP contribution in [-0.2, 0) is 0 Å². The van der Waals surface area contributed by atoms with E-state index < -0.39 is 0 Å². The lowest BCUT2D eigenvalue weighted by atomic mass is 10.1. The smallest absolute Gasteiger partial charge is 0.254 e. The van der Waals surface area contributed by atoms with Crippen molar-refractivity contribution in [2.24, 2.45) is 0 Å². The second-order valence-electron chi connectivity index (χ2n) is 4.66. The second-order valence-corrected chi connectivity index (χ2v) is 4.66. The molecule has 5 nitrogen and oxygen atoms in total. The number of likely N-dealkylation sites (N-methyl/N-ethyl adjacent to an activating group) is 1. The molecule has 0 radical (unpaired) electrons. The van der Waals surface area contributed by atoms with Gasteiger partial charge in [-0.3, -0.25) is 14.8 Å². The number of nitrogens with zero attached hydrogens (tertiary/aromatic N) is 3. The molecule has 0 bridgehead atoms. The summed E-state index contributed by atoms with van der Waals surface area (Å²) >= 11 is 0. The van der Waals surface area contributed by atoms with Gasteiger partial charge in [0.15, 0.2) is 0 Å². The van der Waals surface area contributed by atoms with Gasteiger partial charge in [-0.1, -0.05) is 0 Å². The zero-order valence-electron chi connectivity index (χ0n) is 10.8. The Balaban J connectivity index is 1.91. The molecule has 1 aromatic carbocycles. The minimum atomic E-state index is 0.0709. The van der Waals surface area contributed by atoms with E-state index in [-0.39, 0.29) is 5.91 Å². The van der Waals surface area contributed by atoms with Crippen LogP contribution in [0, 0.1) is 0 Å². The molecule has 19 heavy (non-hydrogen) atoms. The molecule has 1 amide bonds. The van der Waals surface area contributed by atoms with Crippen LogP contribution in [0.3, 0.4) is 0 Å². The molecule has 1 fully saturated rings. The highest BCUT2D eigenvalue weighted by Gasteiger charge is 2.27. The van der Waals surface area contributed by atoms with Gasteiger partial charge in [0, 0.05) is 37.6 Å². The average molecular weight is 256 g/mol. The van der Waals surface area contributed by atoms with E-state index in [4.69, 9.17) is 0 Å². The van der Waals surface area contributed by atoms with Gasteiger partial charge in [-0.2, -0.15) is 0 Å². The van der Waals surface area contributed by atoms with Gasteiger partial charge in [0.25, 0.3) is 5.91 Å². The molecule has 0 atom stereocenters. The third-order valence-corrected chi connectivity index (χ3v) is 3.52. The first-order valence-corrected chi connectivity index (χ1v) is 6.52. The highest BCUT2D eigenvalue weighted by atomic mass is 16.2. The van der Waals surface area contributed by atoms with E-state index in [1.807, 2.05) is 30.0 Å². The third kappa shape index (κ3) is 2.17. The van der Waals surface area contributed by atoms with Gasteiger partial charge < -0.3 is 10.2 Å². The molecule has 2 heterocycles. The molecule has 0 unspecified atom stereocenters. The number of hydrogen-bond acceptors (Lipinski definition) is 4. The maximum atomic E-state index is 12.5. The van der Waals surface area contributed by atoms with E-state index >= 15 is 0 Å². The van der Waals surface area contributed by atoms with Crippen molar-refractivity contribution < 1.29 is 4.79 Å². The molecule has 2 aromatic rings. The monoisotopic (exact) mass is 256 g/mol. The van der Waals surface area contributed by atoms with Crippen LogP contribution in [0.15, 0.2) is 30.6 Å². The molecule has 1 aromatic heterocycles. The largest absolute Gasteiger partial charge is 0.333 e. The number of hydrogen-bond donors (Lipinski definition) is 1. The third-order valence-electron chi connectivity index (χ3n) is 3.52. The fourth-order valence-corrected chi connectivity index (χ4v) is 2.32. The summed E-state index contributed by atoms with van der Waals surface area (Å²) in [6.07, 6.45) is 3.30. The maximum Gasteiger partial charge on any atom is 0.254 e. The number of carbonyl (C=O) groups excluding carboxylic acids is 1. The van der Waals surface area contributed by atoms with E-state index in [0.717, 1.165) is 30.7 Å². The lowest BCUT2D eigenvalue weighted by Crippen LogP contribution is -2.58. The summed E-state index contributed by atoms with van der Waals surface area (Å²) in [7, 11) is 0. The summed E-state index contributed by atoms with van der Waals surface area (Å²) in [6.45, 7) is 4.50. The topological polar surface area (TPSA) is 58.1 Å². The summed E-state index contributed by atoms with van der Waals surface area (Å²) in [5.41, 5.74) is 2.25. The van der Waals surface area contributed by atoms with Crippen LogP contribution in [-0.4, -0.2) is 46.5 Å². The highest BCUT2D eigenvalue weighted by Crippen LogP contribution is 2.15. The molecule has 98 valence electrons. The molecule has 0 spiro atoms. The standard InChI is InChI=1S/C14H16N4O/c1-2-18(11-8-15-9-11)14(19)10-3-4-12-13(7-10)17-6-5-16-12/h3-7,11,15H,2,8-9H2,1H3. The molecule has 0 aliphatic carbocycles. The quantitative estimate of drug-likeness (QED) is 0.892. The first kappa shape index (κ1) is 12.0. The maximum absolute atomic E-state index is 12.5. The van der Waals surface area contributed by atoms with Crippen molar-refractivity contribution in [1.29, 1.82) is 0 Å². The van der Waals surface area contributed by atoms with Gasteiger partial charge in [0.1, 0.15) is 0 Å². The van der Waals surface area contributed by atoms with Crippen molar-refractivity contribution in [3.05, 3.63) is 36.2 Å². The zero-order chi connectivity index (χ0) is 13.2. The lowest BCUT2D eigenvalue weighted by Gasteiger charge is -2.37. The molecular formula is C14H16N4O. The van der Waals surface area contributed by atoms with Gasteiger partial charge in [0.2, 0.25) is 0 Å². The van der Waals surface area contributed by atoms with Gasteiger partial charge in [-0.15, -0.1) is 0 Å². The normalized spacial score (nSPS) is 15.2. The van der Waals surface area contributed by atoms with E-state index in [9.17, 15) is 4.79 Å². The summed E-state index contributed by atoms with van der Waals surface area (Å²) in [5.74, 6) is 0.0709. The molecule has 1 saturated heterocycles.